The van der Waals surface area contributed by atoms with Crippen LogP contribution in [0, 0.1) is 0 Å². The molecule has 146 valence electrons. The van der Waals surface area contributed by atoms with Gasteiger partial charge in [-0.15, -0.1) is 11.3 Å². The van der Waals surface area contributed by atoms with Gasteiger partial charge in [0.25, 0.3) is 0 Å². The van der Waals surface area contributed by atoms with Gasteiger partial charge in [-0.3, -0.25) is 4.90 Å². The summed E-state index contributed by atoms with van der Waals surface area (Å²) in [5, 5.41) is 6.09. The largest absolute Gasteiger partial charge is 0.384 e. The van der Waals surface area contributed by atoms with E-state index in [1.54, 1.807) is 24.6 Å². The molecule has 1 unspecified atom stereocenters. The summed E-state index contributed by atoms with van der Waals surface area (Å²) < 4.78 is 5.09. The number of hydrogen-bond donors (Lipinski definition) is 1. The van der Waals surface area contributed by atoms with Gasteiger partial charge in [-0.2, -0.15) is 0 Å². The van der Waals surface area contributed by atoms with E-state index < -0.39 is 0 Å². The third kappa shape index (κ3) is 4.70. The predicted octanol–water partition coefficient (Wildman–Crippen LogP) is 3.60. The Labute approximate surface area is 168 Å². The number of hydrogen-bond acceptors (Lipinski definition) is 8. The summed E-state index contributed by atoms with van der Waals surface area (Å²) in [4.78, 5) is 20.5. The van der Waals surface area contributed by atoms with Crippen LogP contribution in [0.25, 0.3) is 0 Å². The molecule has 1 saturated heterocycles. The summed E-state index contributed by atoms with van der Waals surface area (Å²) in [6.45, 7) is 2.54. The fourth-order valence-electron chi connectivity index (χ4n) is 3.47. The Bertz CT molecular complexity index is 871. The Kier molecular flexibility index (Phi) is 6.20. The number of anilines is 2. The van der Waals surface area contributed by atoms with E-state index in [2.05, 4.69) is 37.3 Å². The lowest BCUT2D eigenvalue weighted by Crippen LogP contribution is -2.24. The zero-order chi connectivity index (χ0) is 19.2. The number of nitrogens with one attached hydrogen (secondary N) is 1. The van der Waals surface area contributed by atoms with Crippen molar-refractivity contribution in [2.24, 2.45) is 0 Å². The molecule has 28 heavy (non-hydrogen) atoms. The van der Waals surface area contributed by atoms with Gasteiger partial charge in [-0.25, -0.2) is 19.9 Å². The van der Waals surface area contributed by atoms with E-state index in [0.29, 0.717) is 12.6 Å². The predicted molar refractivity (Wildman–Crippen MR) is 110 cm³/mol. The van der Waals surface area contributed by atoms with Crippen LogP contribution in [0.1, 0.15) is 36.0 Å². The van der Waals surface area contributed by atoms with Crippen molar-refractivity contribution in [3.8, 4) is 0 Å². The molecule has 0 radical (unpaired) electrons. The molecule has 7 nitrogen and oxygen atoms in total. The molecule has 0 aliphatic carbocycles. The molecule has 1 fully saturated rings. The number of aromatic nitrogens is 4. The Balaban J connectivity index is 1.43. The van der Waals surface area contributed by atoms with Crippen LogP contribution in [0.15, 0.2) is 42.2 Å². The van der Waals surface area contributed by atoms with Crippen LogP contribution < -0.4 is 5.32 Å². The van der Waals surface area contributed by atoms with Crippen LogP contribution in [-0.2, 0) is 17.7 Å². The molecule has 0 spiro atoms. The second kappa shape index (κ2) is 9.18. The van der Waals surface area contributed by atoms with Crippen molar-refractivity contribution in [2.75, 3.05) is 25.6 Å². The summed E-state index contributed by atoms with van der Waals surface area (Å²) >= 11 is 1.57. The molecule has 3 aromatic heterocycles. The highest BCUT2D eigenvalue weighted by Crippen LogP contribution is 2.32. The van der Waals surface area contributed by atoms with Gasteiger partial charge in [0.05, 0.1) is 18.3 Å². The fraction of sp³-hybridized carbons (Fsp3) is 0.400. The summed E-state index contributed by atoms with van der Waals surface area (Å²) in [5.74, 6) is 1.66. The third-order valence-corrected chi connectivity index (χ3v) is 5.51. The van der Waals surface area contributed by atoms with Crippen LogP contribution in [0.3, 0.4) is 0 Å². The smallest absolute Gasteiger partial charge is 0.188 e. The number of methoxy groups -OCH3 is 1. The van der Waals surface area contributed by atoms with Gasteiger partial charge in [-0.05, 0) is 31.5 Å². The molecular weight excluding hydrogens is 372 g/mol. The van der Waals surface area contributed by atoms with Crippen molar-refractivity contribution in [1.82, 2.24) is 24.8 Å². The van der Waals surface area contributed by atoms with Crippen molar-refractivity contribution in [3.63, 3.8) is 0 Å². The Morgan fingerprint density at radius 2 is 2.14 bits per heavy atom. The Morgan fingerprint density at radius 1 is 1.25 bits per heavy atom. The molecule has 1 aliphatic heterocycles. The number of ether oxygens (including phenoxy) is 1. The fourth-order valence-corrected chi connectivity index (χ4v) is 4.01. The van der Waals surface area contributed by atoms with Gasteiger partial charge in [0, 0.05) is 49.6 Å². The maximum absolute atomic E-state index is 5.09. The molecule has 8 heteroatoms. The average molecular weight is 397 g/mol. The van der Waals surface area contributed by atoms with E-state index in [0.717, 1.165) is 54.0 Å². The first-order chi connectivity index (χ1) is 13.8. The van der Waals surface area contributed by atoms with Crippen LogP contribution in [-0.4, -0.2) is 45.1 Å². The first-order valence-corrected chi connectivity index (χ1v) is 10.4. The number of likely N-dealkylation sites (tertiary alicyclic amines) is 1. The second-order valence-electron chi connectivity index (χ2n) is 6.79. The minimum atomic E-state index is 0.311. The monoisotopic (exact) mass is 396 g/mol. The molecule has 0 bridgehead atoms. The second-order valence-corrected chi connectivity index (χ2v) is 7.68. The highest BCUT2D eigenvalue weighted by molar-refractivity contribution is 7.13. The quantitative estimate of drug-likeness (QED) is 0.623. The van der Waals surface area contributed by atoms with E-state index in [4.69, 9.17) is 9.72 Å². The lowest BCUT2D eigenvalue weighted by molar-refractivity contribution is 0.200. The van der Waals surface area contributed by atoms with Crippen LogP contribution in [0.4, 0.5) is 10.9 Å². The average Bonchev–Trinajstić information content (AvgIpc) is 3.40. The van der Waals surface area contributed by atoms with E-state index >= 15 is 0 Å². The maximum Gasteiger partial charge on any atom is 0.188 e. The maximum atomic E-state index is 5.09. The van der Waals surface area contributed by atoms with Crippen LogP contribution in [0.2, 0.25) is 0 Å². The summed E-state index contributed by atoms with van der Waals surface area (Å²) in [6, 6.07) is 6.46. The van der Waals surface area contributed by atoms with Crippen molar-refractivity contribution in [3.05, 3.63) is 59.3 Å². The van der Waals surface area contributed by atoms with Gasteiger partial charge < -0.3 is 10.1 Å². The van der Waals surface area contributed by atoms with E-state index in [-0.39, 0.29) is 0 Å². The lowest BCUT2D eigenvalue weighted by atomic mass is 10.1. The molecule has 3 aromatic rings. The lowest BCUT2D eigenvalue weighted by Gasteiger charge is -2.24. The van der Waals surface area contributed by atoms with Crippen molar-refractivity contribution in [1.29, 1.82) is 0 Å². The van der Waals surface area contributed by atoms with E-state index in [9.17, 15) is 0 Å². The van der Waals surface area contributed by atoms with Gasteiger partial charge in [0.15, 0.2) is 5.13 Å². The van der Waals surface area contributed by atoms with Crippen molar-refractivity contribution >= 4 is 22.3 Å². The summed E-state index contributed by atoms with van der Waals surface area (Å²) in [6.07, 6.45) is 8.68. The summed E-state index contributed by atoms with van der Waals surface area (Å²) in [7, 11) is 1.69. The minimum absolute atomic E-state index is 0.311. The molecule has 1 N–H and O–H groups in total. The first kappa shape index (κ1) is 18.9. The third-order valence-electron chi connectivity index (χ3n) is 4.82. The molecule has 4 heterocycles. The first-order valence-electron chi connectivity index (χ1n) is 9.48. The minimum Gasteiger partial charge on any atom is -0.384 e. The van der Waals surface area contributed by atoms with Gasteiger partial charge in [0.1, 0.15) is 11.6 Å². The number of thiazole rings is 1. The SMILES string of the molecule is COCCc1ncc(CN2CCCC2c2cccc(Nc3nccs3)n2)cn1. The zero-order valence-corrected chi connectivity index (χ0v) is 16.7. The molecule has 1 atom stereocenters. The van der Waals surface area contributed by atoms with Crippen molar-refractivity contribution < 1.29 is 4.74 Å². The molecule has 0 saturated carbocycles. The normalized spacial score (nSPS) is 17.1. The standard InChI is InChI=1S/C20H24N6OS/c1-27-10-7-18-22-12-15(13-23-18)14-26-9-3-5-17(26)16-4-2-6-19(24-16)25-20-21-8-11-28-20/h2,4,6,8,11-13,17H,3,5,7,9-10,14H2,1H3,(H,21,24,25). The van der Waals surface area contributed by atoms with E-state index in [1.807, 2.05) is 23.8 Å². The van der Waals surface area contributed by atoms with Gasteiger partial charge in [0.2, 0.25) is 0 Å². The number of rotatable bonds is 8. The highest BCUT2D eigenvalue weighted by atomic mass is 32.1. The van der Waals surface area contributed by atoms with Crippen LogP contribution in [0.5, 0.6) is 0 Å². The van der Waals surface area contributed by atoms with Crippen LogP contribution >= 0.6 is 11.3 Å². The topological polar surface area (TPSA) is 76.1 Å². The Morgan fingerprint density at radius 3 is 2.93 bits per heavy atom. The Hall–Kier alpha value is -2.42. The number of nitrogens with zero attached hydrogens (tertiary/aromatic N) is 5. The summed E-state index contributed by atoms with van der Waals surface area (Å²) in [5.41, 5.74) is 2.22. The molecule has 4 rings (SSSR count). The van der Waals surface area contributed by atoms with Gasteiger partial charge in [-0.1, -0.05) is 6.07 Å². The molecule has 0 amide bonds. The molecule has 1 aliphatic rings. The molecule has 0 aromatic carbocycles. The molecular formula is C20H24N6OS. The van der Waals surface area contributed by atoms with Crippen molar-refractivity contribution in [2.45, 2.75) is 31.8 Å². The zero-order valence-electron chi connectivity index (χ0n) is 15.9. The van der Waals surface area contributed by atoms with Gasteiger partial charge >= 0.3 is 0 Å². The van der Waals surface area contributed by atoms with E-state index in [1.165, 1.54) is 6.42 Å². The number of pyridine rings is 1. The highest BCUT2D eigenvalue weighted by Gasteiger charge is 2.27.